The fourth-order valence-corrected chi connectivity index (χ4v) is 5.91. The summed E-state index contributed by atoms with van der Waals surface area (Å²) in [4.78, 5) is 46.9. The normalized spacial score (nSPS) is 26.8. The second-order valence-corrected chi connectivity index (χ2v) is 9.62. The van der Waals surface area contributed by atoms with Gasteiger partial charge in [0.15, 0.2) is 15.2 Å². The van der Waals surface area contributed by atoms with Crippen molar-refractivity contribution in [2.45, 2.75) is 28.2 Å². The Kier molecular flexibility index (Phi) is 9.30. The summed E-state index contributed by atoms with van der Waals surface area (Å²) in [5.41, 5.74) is -0.640. The Labute approximate surface area is 223 Å². The number of tetrazole rings is 1. The third kappa shape index (κ3) is 4.85. The molecule has 18 heteroatoms. The van der Waals surface area contributed by atoms with Crippen molar-refractivity contribution >= 4 is 45.4 Å². The summed E-state index contributed by atoms with van der Waals surface area (Å²) < 4.78 is 28.5. The molecule has 0 bridgehead atoms. The maximum absolute atomic E-state index is 12.9. The first-order chi connectivity index (χ1) is 13.5. The van der Waals surface area contributed by atoms with Gasteiger partial charge in [-0.25, -0.2) is 8.42 Å². The van der Waals surface area contributed by atoms with Crippen LogP contribution < -0.4 is 69.3 Å². The molecule has 2 saturated heterocycles. The van der Waals surface area contributed by atoms with Gasteiger partial charge in [0.05, 0.1) is 29.3 Å². The predicted octanol–water partition coefficient (Wildman–Crippen LogP) is -11.0. The second-order valence-electron chi connectivity index (χ2n) is 6.21. The first kappa shape index (κ1) is 28.0. The molecule has 2 aliphatic rings. The van der Waals surface area contributed by atoms with Crippen molar-refractivity contribution in [2.75, 3.05) is 12.4 Å². The van der Waals surface area contributed by atoms with Crippen LogP contribution in [-0.2, 0) is 33.8 Å². The fraction of sp³-hybridized carbons (Fsp3) is 0.462. The summed E-state index contributed by atoms with van der Waals surface area (Å²) in [5, 5.41) is 33.3. The van der Waals surface area contributed by atoms with Crippen molar-refractivity contribution < 1.29 is 102 Å². The quantitative estimate of drug-likeness (QED) is 0.123. The largest absolute Gasteiger partial charge is 1.00 e. The number of β-lactam (4-membered cyclic amide) rings is 1. The molecule has 1 N–H and O–H groups in total. The van der Waals surface area contributed by atoms with Crippen LogP contribution in [0.1, 0.15) is 6.92 Å². The Hall–Kier alpha value is -1.01. The van der Waals surface area contributed by atoms with Crippen molar-refractivity contribution in [1.82, 2.24) is 25.5 Å². The number of fused-ring (bicyclic) bond motifs is 1. The number of esters is 1. The van der Waals surface area contributed by atoms with Crippen molar-refractivity contribution in [3.05, 3.63) is 11.6 Å². The molecule has 0 saturated carbocycles. The van der Waals surface area contributed by atoms with E-state index < -0.39 is 62.0 Å². The van der Waals surface area contributed by atoms with Gasteiger partial charge < -0.3 is 29.4 Å². The number of nitrogens with one attached hydrogen (secondary N) is 1. The standard InChI is InChI=1S/C13H13N5O9S2.2Na/c1-13(4-27-7(21)3-28-12-14-16-17-15-12)8(11(23)24)18-9(22)5(2-6(19)20)10(18)29(13,25)26;;/h2,8,10H,3-4H2,1H3,(H,19,20)(H,23,24)(H,14,15,16,17);;/q;2*+1/p-2/b5-2+;;/t8-,10+,13-;;/m0../s1. The molecule has 0 radical (unpaired) electrons. The zero-order valence-electron chi connectivity index (χ0n) is 16.4. The van der Waals surface area contributed by atoms with Crippen LogP contribution in [0.2, 0.25) is 0 Å². The third-order valence-electron chi connectivity index (χ3n) is 4.46. The van der Waals surface area contributed by atoms with Gasteiger partial charge in [-0.05, 0) is 18.2 Å². The van der Waals surface area contributed by atoms with E-state index in [1.807, 2.05) is 0 Å². The average molecular weight is 491 g/mol. The topological polar surface area (TPSA) is 215 Å². The smallest absolute Gasteiger partial charge is 0.548 e. The number of aliphatic carboxylic acids is 2. The van der Waals surface area contributed by atoms with Crippen LogP contribution in [0.5, 0.6) is 0 Å². The van der Waals surface area contributed by atoms with Gasteiger partial charge in [-0.1, -0.05) is 11.8 Å². The zero-order chi connectivity index (χ0) is 21.6. The van der Waals surface area contributed by atoms with Crippen molar-refractivity contribution in [3.63, 3.8) is 0 Å². The van der Waals surface area contributed by atoms with Gasteiger partial charge in [0.2, 0.25) is 5.16 Å². The molecular weight excluding hydrogens is 480 g/mol. The Morgan fingerprint density at radius 2 is 1.97 bits per heavy atom. The molecule has 1 aromatic heterocycles. The number of thioether (sulfide) groups is 1. The summed E-state index contributed by atoms with van der Waals surface area (Å²) in [7, 11) is -4.50. The molecule has 0 aromatic carbocycles. The molecule has 31 heavy (non-hydrogen) atoms. The van der Waals surface area contributed by atoms with Crippen molar-refractivity contribution in [3.8, 4) is 0 Å². The van der Waals surface area contributed by atoms with Gasteiger partial charge in [-0.15, -0.1) is 10.2 Å². The van der Waals surface area contributed by atoms with E-state index in [9.17, 15) is 37.8 Å². The molecular formula is C13H11N5Na2O9S2. The molecule has 0 unspecified atom stereocenters. The number of carbonyl (C=O) groups excluding carboxylic acids is 4. The number of hydrogen-bond donors (Lipinski definition) is 1. The number of sulfone groups is 1. The van der Waals surface area contributed by atoms with Crippen LogP contribution in [0.3, 0.4) is 0 Å². The van der Waals surface area contributed by atoms with Gasteiger partial charge in [-0.3, -0.25) is 9.59 Å². The van der Waals surface area contributed by atoms with Crippen LogP contribution in [-0.4, -0.2) is 86.3 Å². The summed E-state index contributed by atoms with van der Waals surface area (Å²) in [6.45, 7) is 0.0726. The number of aromatic nitrogens is 4. The van der Waals surface area contributed by atoms with Crippen LogP contribution >= 0.6 is 11.8 Å². The van der Waals surface area contributed by atoms with E-state index in [1.54, 1.807) is 0 Å². The Morgan fingerprint density at radius 1 is 1.32 bits per heavy atom. The molecule has 1 aromatic rings. The van der Waals surface area contributed by atoms with Gasteiger partial charge in [0, 0.05) is 0 Å². The van der Waals surface area contributed by atoms with Gasteiger partial charge in [-0.2, -0.15) is 5.21 Å². The van der Waals surface area contributed by atoms with E-state index in [0.717, 1.165) is 18.7 Å². The summed E-state index contributed by atoms with van der Waals surface area (Å²) in [5.74, 6) is -6.03. The Bertz CT molecular complexity index is 1030. The number of ether oxygens (including phenoxy) is 1. The number of carbonyl (C=O) groups is 4. The Balaban J connectivity index is 0.00000240. The molecule has 3 atom stereocenters. The maximum Gasteiger partial charge on any atom is 1.00 e. The summed E-state index contributed by atoms with van der Waals surface area (Å²) in [6, 6.07) is -1.98. The Morgan fingerprint density at radius 3 is 2.48 bits per heavy atom. The molecule has 2 fully saturated rings. The molecule has 2 aliphatic heterocycles. The predicted molar refractivity (Wildman–Crippen MR) is 85.7 cm³/mol. The van der Waals surface area contributed by atoms with Gasteiger partial charge >= 0.3 is 65.1 Å². The van der Waals surface area contributed by atoms with E-state index in [2.05, 4.69) is 20.6 Å². The number of rotatable bonds is 7. The third-order valence-corrected chi connectivity index (χ3v) is 7.98. The average Bonchev–Trinajstić information content (AvgIpc) is 3.20. The summed E-state index contributed by atoms with van der Waals surface area (Å²) >= 11 is 0.830. The maximum atomic E-state index is 12.9. The first-order valence-corrected chi connectivity index (χ1v) is 10.3. The van der Waals surface area contributed by atoms with Gasteiger partial charge in [0.25, 0.3) is 5.91 Å². The first-order valence-electron chi connectivity index (χ1n) is 7.72. The van der Waals surface area contributed by atoms with Crippen LogP contribution in [0.4, 0.5) is 0 Å². The molecule has 1 amide bonds. The minimum atomic E-state index is -4.50. The summed E-state index contributed by atoms with van der Waals surface area (Å²) in [6.07, 6.45) is 0.298. The number of carboxylic acid groups (broad SMARTS) is 2. The van der Waals surface area contributed by atoms with E-state index in [1.165, 1.54) is 0 Å². The van der Waals surface area contributed by atoms with Crippen LogP contribution in [0.15, 0.2) is 16.8 Å². The molecule has 0 spiro atoms. The minimum absolute atomic E-state index is 0. The number of nitrogens with zero attached hydrogens (tertiary/aromatic N) is 4. The minimum Gasteiger partial charge on any atom is -0.548 e. The molecule has 3 heterocycles. The number of amides is 1. The van der Waals surface area contributed by atoms with Crippen LogP contribution in [0.25, 0.3) is 0 Å². The number of hydrogen-bond acceptors (Lipinski definition) is 13. The molecule has 3 rings (SSSR count). The number of H-pyrrole nitrogens is 1. The zero-order valence-corrected chi connectivity index (χ0v) is 22.1. The fourth-order valence-electron chi connectivity index (χ4n) is 3.11. The molecule has 0 aliphatic carbocycles. The van der Waals surface area contributed by atoms with Crippen LogP contribution in [0, 0.1) is 0 Å². The second kappa shape index (κ2) is 10.3. The monoisotopic (exact) mass is 491 g/mol. The molecule has 156 valence electrons. The van der Waals surface area contributed by atoms with Crippen molar-refractivity contribution in [2.24, 2.45) is 0 Å². The molecule has 14 nitrogen and oxygen atoms in total. The SMILES string of the molecule is C[C@]1(COC(=O)CSc2nn[nH]n2)[C@H](C(=O)[O-])N2C(=O)/C(=C\C(=O)[O-])[C@H]2S1(=O)=O.[Na+].[Na+]. The number of carboxylic acids is 2. The van der Waals surface area contributed by atoms with E-state index in [-0.39, 0.29) is 70.0 Å². The van der Waals surface area contributed by atoms with E-state index in [0.29, 0.717) is 11.0 Å². The number of aromatic amines is 1. The van der Waals surface area contributed by atoms with Crippen molar-refractivity contribution in [1.29, 1.82) is 0 Å². The van der Waals surface area contributed by atoms with E-state index >= 15 is 0 Å². The van der Waals surface area contributed by atoms with Gasteiger partial charge in [0.1, 0.15) is 11.4 Å². The van der Waals surface area contributed by atoms with E-state index in [4.69, 9.17) is 4.74 Å².